The largest absolute Gasteiger partial charge is 0.330 e. The summed E-state index contributed by atoms with van der Waals surface area (Å²) in [6.45, 7) is 1.01. The van der Waals surface area contributed by atoms with Crippen LogP contribution in [0.1, 0.15) is 27.5 Å². The third-order valence-corrected chi connectivity index (χ3v) is 6.26. The minimum absolute atomic E-state index is 0.0483. The molecule has 1 aromatic carbocycles. The normalized spacial score (nSPS) is 17.6. The average Bonchev–Trinajstić information content (AvgIpc) is 2.88. The molecule has 1 aromatic rings. The van der Waals surface area contributed by atoms with E-state index in [0.717, 1.165) is 23.1 Å². The second-order valence-corrected chi connectivity index (χ2v) is 8.16. The average molecular weight is 378 g/mol. The van der Waals surface area contributed by atoms with E-state index in [2.05, 4.69) is 12.1 Å². The van der Waals surface area contributed by atoms with Crippen LogP contribution in [-0.4, -0.2) is 34.4 Å². The molecule has 4 rings (SSSR count). The Labute approximate surface area is 161 Å². The van der Waals surface area contributed by atoms with Gasteiger partial charge in [0.05, 0.1) is 16.8 Å². The maximum atomic E-state index is 13.5. The lowest BCUT2D eigenvalue weighted by Crippen LogP contribution is -2.43. The number of hydrogen-bond acceptors (Lipinski definition) is 3. The van der Waals surface area contributed by atoms with Crippen molar-refractivity contribution in [2.75, 3.05) is 19.3 Å². The zero-order valence-electron chi connectivity index (χ0n) is 15.2. The molecule has 0 aromatic heterocycles. The molecular weight excluding hydrogens is 356 g/mol. The maximum Gasteiger partial charge on any atom is 0.255 e. The predicted octanol–water partition coefficient (Wildman–Crippen LogP) is 3.23. The molecular formula is C22H22N2O2S. The van der Waals surface area contributed by atoms with E-state index < -0.39 is 10.8 Å². The van der Waals surface area contributed by atoms with E-state index in [1.165, 1.54) is 5.56 Å². The molecule has 0 radical (unpaired) electrons. The van der Waals surface area contributed by atoms with Crippen LogP contribution in [0.5, 0.6) is 0 Å². The van der Waals surface area contributed by atoms with Crippen molar-refractivity contribution in [2.24, 2.45) is 5.73 Å². The van der Waals surface area contributed by atoms with Gasteiger partial charge in [-0.2, -0.15) is 0 Å². The zero-order valence-corrected chi connectivity index (χ0v) is 16.0. The maximum absolute atomic E-state index is 13.5. The van der Waals surface area contributed by atoms with Crippen LogP contribution in [0.3, 0.4) is 0 Å². The zero-order chi connectivity index (χ0) is 19.0. The number of benzene rings is 1. The predicted molar refractivity (Wildman–Crippen MR) is 108 cm³/mol. The summed E-state index contributed by atoms with van der Waals surface area (Å²) in [4.78, 5) is 16.1. The third kappa shape index (κ3) is 3.07. The summed E-state index contributed by atoms with van der Waals surface area (Å²) in [5.74, 6) is -0.0483. The Morgan fingerprint density at radius 1 is 1.11 bits per heavy atom. The SMILES string of the molecule is CS(=O)c1cc(C(=O)N2CCc3ccccc3C2CN)c2cccccc1-2. The molecule has 4 nitrogen and oxygen atoms in total. The van der Waals surface area contributed by atoms with Crippen LogP contribution in [0.25, 0.3) is 11.1 Å². The van der Waals surface area contributed by atoms with Gasteiger partial charge in [0, 0.05) is 29.8 Å². The Morgan fingerprint density at radius 3 is 2.56 bits per heavy atom. The third-order valence-electron chi connectivity index (χ3n) is 5.31. The van der Waals surface area contributed by atoms with Crippen molar-refractivity contribution < 1.29 is 9.00 Å². The molecule has 0 fully saturated rings. The molecule has 27 heavy (non-hydrogen) atoms. The van der Waals surface area contributed by atoms with E-state index in [1.54, 1.807) is 12.3 Å². The summed E-state index contributed by atoms with van der Waals surface area (Å²) < 4.78 is 12.2. The molecule has 0 spiro atoms. The van der Waals surface area contributed by atoms with Gasteiger partial charge in [0.15, 0.2) is 0 Å². The highest BCUT2D eigenvalue weighted by atomic mass is 32.2. The Bertz CT molecular complexity index is 1000. The Hall–Kier alpha value is -2.50. The van der Waals surface area contributed by atoms with Gasteiger partial charge in [0.1, 0.15) is 0 Å². The van der Waals surface area contributed by atoms with Crippen LogP contribution in [0, 0.1) is 0 Å². The first-order chi connectivity index (χ1) is 13.1. The number of nitrogens with zero attached hydrogens (tertiary/aromatic N) is 1. The van der Waals surface area contributed by atoms with Gasteiger partial charge in [-0.05, 0) is 34.7 Å². The Morgan fingerprint density at radius 2 is 1.81 bits per heavy atom. The van der Waals surface area contributed by atoms with E-state index in [0.29, 0.717) is 23.5 Å². The molecule has 0 saturated heterocycles. The summed E-state index contributed by atoms with van der Waals surface area (Å²) in [5, 5.41) is 0. The van der Waals surface area contributed by atoms with Crippen molar-refractivity contribution >= 4 is 16.7 Å². The first kappa shape index (κ1) is 17.9. The van der Waals surface area contributed by atoms with Crippen molar-refractivity contribution in [3.8, 4) is 11.1 Å². The quantitative estimate of drug-likeness (QED) is 0.761. The lowest BCUT2D eigenvalue weighted by atomic mass is 9.92. The molecule has 3 aliphatic rings. The van der Waals surface area contributed by atoms with Gasteiger partial charge in [0.25, 0.3) is 5.91 Å². The number of hydrogen-bond donors (Lipinski definition) is 1. The van der Waals surface area contributed by atoms with Gasteiger partial charge in [-0.25, -0.2) is 0 Å². The molecule has 0 bridgehead atoms. The minimum atomic E-state index is -1.17. The second-order valence-electron chi connectivity index (χ2n) is 6.81. The molecule has 1 aliphatic heterocycles. The van der Waals surface area contributed by atoms with Gasteiger partial charge in [0.2, 0.25) is 0 Å². The number of fused-ring (bicyclic) bond motifs is 2. The van der Waals surface area contributed by atoms with Crippen molar-refractivity contribution in [2.45, 2.75) is 17.4 Å². The van der Waals surface area contributed by atoms with Crippen LogP contribution in [0.4, 0.5) is 0 Å². The molecule has 0 saturated carbocycles. The molecule has 2 aliphatic carbocycles. The van der Waals surface area contributed by atoms with Gasteiger partial charge in [-0.3, -0.25) is 9.00 Å². The summed E-state index contributed by atoms with van der Waals surface area (Å²) in [5.41, 5.74) is 10.8. The first-order valence-electron chi connectivity index (χ1n) is 9.06. The standard InChI is InChI=1S/C22H22N2O2S/c1-27(26)21-13-19(17-9-3-2-4-10-18(17)21)22(25)24-12-11-15-7-5-6-8-16(15)20(24)14-23/h2-10,13,20H,11-12,14,23H2,1H3. The molecule has 2 N–H and O–H groups in total. The van der Waals surface area contributed by atoms with Gasteiger partial charge >= 0.3 is 0 Å². The van der Waals surface area contributed by atoms with Crippen molar-refractivity contribution in [1.29, 1.82) is 0 Å². The molecule has 138 valence electrons. The highest BCUT2D eigenvalue weighted by Gasteiger charge is 2.32. The summed E-state index contributed by atoms with van der Waals surface area (Å²) >= 11 is 0. The van der Waals surface area contributed by atoms with Crippen molar-refractivity contribution in [3.05, 3.63) is 77.4 Å². The topological polar surface area (TPSA) is 63.4 Å². The van der Waals surface area contributed by atoms with Crippen LogP contribution < -0.4 is 5.73 Å². The fraction of sp³-hybridized carbons (Fsp3) is 0.227. The number of rotatable bonds is 3. The number of carbonyl (C=O) groups excluding carboxylic acids is 1. The van der Waals surface area contributed by atoms with Gasteiger partial charge in [-0.15, -0.1) is 0 Å². The van der Waals surface area contributed by atoms with Crippen molar-refractivity contribution in [1.82, 2.24) is 4.90 Å². The fourth-order valence-electron chi connectivity index (χ4n) is 4.00. The smallest absolute Gasteiger partial charge is 0.255 e. The Kier molecular flexibility index (Phi) is 4.81. The lowest BCUT2D eigenvalue weighted by Gasteiger charge is -2.37. The molecule has 5 heteroatoms. The van der Waals surface area contributed by atoms with E-state index in [-0.39, 0.29) is 11.9 Å². The monoisotopic (exact) mass is 378 g/mol. The highest BCUT2D eigenvalue weighted by molar-refractivity contribution is 7.84. The first-order valence-corrected chi connectivity index (χ1v) is 10.6. The van der Waals surface area contributed by atoms with Gasteiger partial charge < -0.3 is 10.6 Å². The van der Waals surface area contributed by atoms with Crippen LogP contribution in [0.15, 0.2) is 65.6 Å². The van der Waals surface area contributed by atoms with E-state index in [4.69, 9.17) is 5.73 Å². The highest BCUT2D eigenvalue weighted by Crippen LogP contribution is 2.37. The minimum Gasteiger partial charge on any atom is -0.330 e. The lowest BCUT2D eigenvalue weighted by molar-refractivity contribution is 0.0669. The molecule has 2 unspecified atom stereocenters. The number of nitrogens with two attached hydrogens (primary N) is 1. The summed E-state index contributed by atoms with van der Waals surface area (Å²) in [6.07, 6.45) is 2.47. The van der Waals surface area contributed by atoms with E-state index >= 15 is 0 Å². The summed E-state index contributed by atoms with van der Waals surface area (Å²) in [7, 11) is -1.17. The molecule has 2 atom stereocenters. The molecule has 1 amide bonds. The van der Waals surface area contributed by atoms with Crippen LogP contribution in [-0.2, 0) is 17.2 Å². The van der Waals surface area contributed by atoms with E-state index in [9.17, 15) is 9.00 Å². The number of carbonyl (C=O) groups is 1. The molecule has 1 heterocycles. The van der Waals surface area contributed by atoms with Crippen molar-refractivity contribution in [3.63, 3.8) is 0 Å². The van der Waals surface area contributed by atoms with Crippen LogP contribution in [0.2, 0.25) is 0 Å². The second kappa shape index (κ2) is 7.25. The van der Waals surface area contributed by atoms with Crippen LogP contribution >= 0.6 is 0 Å². The van der Waals surface area contributed by atoms with Gasteiger partial charge in [-0.1, -0.05) is 54.6 Å². The summed E-state index contributed by atoms with van der Waals surface area (Å²) in [6, 6.07) is 19.4. The fourth-order valence-corrected chi connectivity index (χ4v) is 4.77. The Balaban J connectivity index is 1.79. The number of amides is 1. The van der Waals surface area contributed by atoms with E-state index in [1.807, 2.05) is 47.4 Å².